The molecule has 25 heavy (non-hydrogen) atoms. The van der Waals surface area contributed by atoms with Crippen LogP contribution in [0.1, 0.15) is 31.9 Å². The van der Waals surface area contributed by atoms with Gasteiger partial charge in [0.15, 0.2) is 6.61 Å². The van der Waals surface area contributed by atoms with E-state index < -0.39 is 18.9 Å². The molecule has 0 aliphatic carbocycles. The Bertz CT molecular complexity index is 629. The van der Waals surface area contributed by atoms with Crippen LogP contribution >= 0.6 is 0 Å². The van der Waals surface area contributed by atoms with Crippen molar-refractivity contribution in [3.8, 4) is 5.88 Å². The lowest BCUT2D eigenvalue weighted by atomic mass is 9.89. The molecule has 6 nitrogen and oxygen atoms in total. The van der Waals surface area contributed by atoms with Crippen molar-refractivity contribution >= 4 is 6.03 Å². The van der Waals surface area contributed by atoms with Crippen molar-refractivity contribution in [2.75, 3.05) is 13.2 Å². The number of hydrogen-bond acceptors (Lipinski definition) is 4. The first-order valence-electron chi connectivity index (χ1n) is 7.84. The maximum Gasteiger partial charge on any atom is 0.422 e. The quantitative estimate of drug-likeness (QED) is 0.864. The fourth-order valence-corrected chi connectivity index (χ4v) is 2.24. The third-order valence-corrected chi connectivity index (χ3v) is 3.90. The number of carbonyl (C=O) groups excluding carboxylic acids is 1. The number of nitrogens with zero attached hydrogens (tertiary/aromatic N) is 2. The standard InChI is InChI=1S/C16H22F3N3O3/c1-15(2,3)12(23)6-21-14(24)22-7-10-4-13(20-5-11(10)8-22)25-9-16(17,18)19/h4-5,12,23H,6-9H2,1-3H3,(H,21,24)/t12-/m0/s1. The van der Waals surface area contributed by atoms with Crippen LogP contribution in [0.15, 0.2) is 12.3 Å². The number of carbonyl (C=O) groups is 1. The van der Waals surface area contributed by atoms with Gasteiger partial charge in [-0.3, -0.25) is 0 Å². The number of aromatic nitrogens is 1. The summed E-state index contributed by atoms with van der Waals surface area (Å²) in [6.45, 7) is 4.86. The highest BCUT2D eigenvalue weighted by molar-refractivity contribution is 5.75. The van der Waals surface area contributed by atoms with Gasteiger partial charge in [-0.25, -0.2) is 9.78 Å². The van der Waals surface area contributed by atoms with Crippen molar-refractivity contribution in [1.82, 2.24) is 15.2 Å². The summed E-state index contributed by atoms with van der Waals surface area (Å²) in [6, 6.07) is 1.07. The van der Waals surface area contributed by atoms with E-state index in [2.05, 4.69) is 15.0 Å². The highest BCUT2D eigenvalue weighted by atomic mass is 19.4. The molecule has 1 aromatic rings. The van der Waals surface area contributed by atoms with Crippen LogP contribution in [0.25, 0.3) is 0 Å². The molecule has 2 rings (SSSR count). The zero-order valence-corrected chi connectivity index (χ0v) is 14.4. The number of fused-ring (bicyclic) bond motifs is 1. The van der Waals surface area contributed by atoms with Gasteiger partial charge in [0.2, 0.25) is 5.88 Å². The minimum atomic E-state index is -4.43. The molecular weight excluding hydrogens is 339 g/mol. The zero-order chi connectivity index (χ0) is 18.8. The summed E-state index contributed by atoms with van der Waals surface area (Å²) >= 11 is 0. The molecular formula is C16H22F3N3O3. The van der Waals surface area contributed by atoms with Gasteiger partial charge in [0.05, 0.1) is 6.10 Å². The van der Waals surface area contributed by atoms with Crippen LogP contribution in [0.2, 0.25) is 0 Å². The topological polar surface area (TPSA) is 74.7 Å². The molecule has 2 amide bonds. The predicted octanol–water partition coefficient (Wildman–Crippen LogP) is 2.45. The minimum absolute atomic E-state index is 0.118. The van der Waals surface area contributed by atoms with E-state index in [-0.39, 0.29) is 30.4 Å². The second kappa shape index (κ2) is 7.07. The van der Waals surface area contributed by atoms with Crippen LogP contribution in [-0.2, 0) is 13.1 Å². The number of ether oxygens (including phenoxy) is 1. The number of amides is 2. The molecule has 0 radical (unpaired) electrons. The molecule has 1 aliphatic rings. The Hall–Kier alpha value is -2.03. The number of urea groups is 1. The van der Waals surface area contributed by atoms with Crippen molar-refractivity contribution in [2.24, 2.45) is 5.41 Å². The Morgan fingerprint density at radius 1 is 1.36 bits per heavy atom. The highest BCUT2D eigenvalue weighted by Gasteiger charge is 2.30. The van der Waals surface area contributed by atoms with E-state index in [0.29, 0.717) is 12.1 Å². The van der Waals surface area contributed by atoms with E-state index in [4.69, 9.17) is 0 Å². The summed E-state index contributed by atoms with van der Waals surface area (Å²) in [5.41, 5.74) is 1.10. The lowest BCUT2D eigenvalue weighted by molar-refractivity contribution is -0.154. The largest absolute Gasteiger partial charge is 0.468 e. The second-order valence-corrected chi connectivity index (χ2v) is 7.12. The Morgan fingerprint density at radius 3 is 2.60 bits per heavy atom. The molecule has 0 spiro atoms. The number of alkyl halides is 3. The number of nitrogens with one attached hydrogen (secondary N) is 1. The van der Waals surface area contributed by atoms with E-state index in [1.165, 1.54) is 17.2 Å². The van der Waals surface area contributed by atoms with Gasteiger partial charge in [-0.1, -0.05) is 20.8 Å². The zero-order valence-electron chi connectivity index (χ0n) is 14.4. The smallest absolute Gasteiger partial charge is 0.422 e. The summed E-state index contributed by atoms with van der Waals surface area (Å²) < 4.78 is 41.2. The van der Waals surface area contributed by atoms with E-state index in [1.807, 2.05) is 20.8 Å². The van der Waals surface area contributed by atoms with Gasteiger partial charge >= 0.3 is 12.2 Å². The molecule has 0 saturated carbocycles. The lowest BCUT2D eigenvalue weighted by Gasteiger charge is -2.27. The summed E-state index contributed by atoms with van der Waals surface area (Å²) in [7, 11) is 0. The summed E-state index contributed by atoms with van der Waals surface area (Å²) in [6.07, 6.45) is -3.70. The van der Waals surface area contributed by atoms with Crippen molar-refractivity contribution in [1.29, 1.82) is 0 Å². The van der Waals surface area contributed by atoms with Gasteiger partial charge in [0.25, 0.3) is 0 Å². The second-order valence-electron chi connectivity index (χ2n) is 7.12. The number of halogens is 3. The molecule has 0 fully saturated rings. The van der Waals surface area contributed by atoms with Crippen LogP contribution in [0, 0.1) is 5.41 Å². The molecule has 140 valence electrons. The number of aliphatic hydroxyl groups is 1. The van der Waals surface area contributed by atoms with Crippen molar-refractivity contribution in [3.63, 3.8) is 0 Å². The maximum absolute atomic E-state index is 12.2. The van der Waals surface area contributed by atoms with E-state index in [1.54, 1.807) is 0 Å². The first-order valence-corrected chi connectivity index (χ1v) is 7.84. The van der Waals surface area contributed by atoms with Crippen molar-refractivity contribution in [3.05, 3.63) is 23.4 Å². The monoisotopic (exact) mass is 361 g/mol. The average Bonchev–Trinajstić information content (AvgIpc) is 2.91. The van der Waals surface area contributed by atoms with E-state index in [0.717, 1.165) is 5.56 Å². The van der Waals surface area contributed by atoms with Gasteiger partial charge in [0, 0.05) is 31.9 Å². The van der Waals surface area contributed by atoms with Gasteiger partial charge in [0.1, 0.15) is 0 Å². The van der Waals surface area contributed by atoms with Gasteiger partial charge in [-0.15, -0.1) is 0 Å². The van der Waals surface area contributed by atoms with E-state index >= 15 is 0 Å². The highest BCUT2D eigenvalue weighted by Crippen LogP contribution is 2.26. The van der Waals surface area contributed by atoms with Crippen LogP contribution in [0.4, 0.5) is 18.0 Å². The Labute approximate surface area is 144 Å². The lowest BCUT2D eigenvalue weighted by Crippen LogP contribution is -2.43. The van der Waals surface area contributed by atoms with Crippen LogP contribution in [-0.4, -0.2) is 46.5 Å². The normalized spacial score (nSPS) is 15.7. The number of rotatable bonds is 4. The van der Waals surface area contributed by atoms with Crippen molar-refractivity contribution < 1.29 is 27.8 Å². The first-order chi connectivity index (χ1) is 11.5. The molecule has 0 saturated heterocycles. The SMILES string of the molecule is CC(C)(C)[C@@H](O)CNC(=O)N1Cc2cnc(OCC(F)(F)F)cc2C1. The number of hydrogen-bond donors (Lipinski definition) is 2. The third-order valence-electron chi connectivity index (χ3n) is 3.90. The fourth-order valence-electron chi connectivity index (χ4n) is 2.24. The predicted molar refractivity (Wildman–Crippen MR) is 83.9 cm³/mol. The first kappa shape index (κ1) is 19.3. The Balaban J connectivity index is 1.91. The Kier molecular flexibility index (Phi) is 5.46. The minimum Gasteiger partial charge on any atom is -0.468 e. The maximum atomic E-state index is 12.2. The summed E-state index contributed by atoms with van der Waals surface area (Å²) in [5, 5.41) is 12.6. The number of pyridine rings is 1. The molecule has 1 atom stereocenters. The average molecular weight is 361 g/mol. The molecule has 2 heterocycles. The molecule has 2 N–H and O–H groups in total. The Morgan fingerprint density at radius 2 is 2.00 bits per heavy atom. The molecule has 0 aromatic carbocycles. The van der Waals surface area contributed by atoms with E-state index in [9.17, 15) is 23.1 Å². The fraction of sp³-hybridized carbons (Fsp3) is 0.625. The van der Waals surface area contributed by atoms with Gasteiger partial charge < -0.3 is 20.1 Å². The van der Waals surface area contributed by atoms with Crippen LogP contribution < -0.4 is 10.1 Å². The summed E-state index contributed by atoms with van der Waals surface area (Å²) in [5.74, 6) is -0.124. The third kappa shape index (κ3) is 5.48. The summed E-state index contributed by atoms with van der Waals surface area (Å²) in [4.78, 5) is 17.5. The van der Waals surface area contributed by atoms with Crippen LogP contribution in [0.3, 0.4) is 0 Å². The van der Waals surface area contributed by atoms with Crippen LogP contribution in [0.5, 0.6) is 5.88 Å². The molecule has 0 unspecified atom stereocenters. The van der Waals surface area contributed by atoms with Gasteiger partial charge in [-0.2, -0.15) is 13.2 Å². The molecule has 1 aromatic heterocycles. The molecule has 9 heteroatoms. The van der Waals surface area contributed by atoms with Gasteiger partial charge in [-0.05, 0) is 16.5 Å². The number of aliphatic hydroxyl groups excluding tert-OH is 1. The molecule has 0 bridgehead atoms. The van der Waals surface area contributed by atoms with Crippen molar-refractivity contribution in [2.45, 2.75) is 46.1 Å². The molecule has 1 aliphatic heterocycles.